The first kappa shape index (κ1) is 6.75. The van der Waals surface area contributed by atoms with E-state index in [0.29, 0.717) is 6.42 Å². The maximum Gasteiger partial charge on any atom is 0.163 e. The normalized spacial score (nSPS) is 32.2. The van der Waals surface area contributed by atoms with Gasteiger partial charge in [0.15, 0.2) is 5.78 Å². The molecule has 2 heteroatoms. The van der Waals surface area contributed by atoms with Crippen LogP contribution in [0.1, 0.15) is 26.7 Å². The summed E-state index contributed by atoms with van der Waals surface area (Å²) in [7, 11) is 0. The summed E-state index contributed by atoms with van der Waals surface area (Å²) in [5.74, 6) is 0.252. The van der Waals surface area contributed by atoms with Gasteiger partial charge < -0.3 is 4.74 Å². The standard InChI is InChI=1S/C7H12O2/c1-3-5(8)7-6(4-2)9-7/h6-7H,3-4H2,1-2H3/t6-,7-/m0/s1. The molecule has 0 saturated carbocycles. The van der Waals surface area contributed by atoms with E-state index in [9.17, 15) is 4.79 Å². The summed E-state index contributed by atoms with van der Waals surface area (Å²) >= 11 is 0. The van der Waals surface area contributed by atoms with Crippen LogP contribution in [0.2, 0.25) is 0 Å². The molecule has 0 N–H and O–H groups in total. The molecule has 1 saturated heterocycles. The first-order valence-electron chi connectivity index (χ1n) is 3.47. The second kappa shape index (κ2) is 2.48. The van der Waals surface area contributed by atoms with E-state index >= 15 is 0 Å². The van der Waals surface area contributed by atoms with E-state index in [0.717, 1.165) is 6.42 Å². The molecule has 1 rings (SSSR count). The fourth-order valence-electron chi connectivity index (χ4n) is 0.938. The molecule has 0 aromatic rings. The van der Waals surface area contributed by atoms with Crippen molar-refractivity contribution in [2.24, 2.45) is 0 Å². The predicted octanol–water partition coefficient (Wildman–Crippen LogP) is 1.14. The van der Waals surface area contributed by atoms with E-state index in [-0.39, 0.29) is 18.0 Å². The maximum atomic E-state index is 10.8. The van der Waals surface area contributed by atoms with Crippen LogP contribution in [0.5, 0.6) is 0 Å². The van der Waals surface area contributed by atoms with Crippen molar-refractivity contribution in [3.8, 4) is 0 Å². The number of Topliss-reactive ketones (excluding diaryl/α,β-unsaturated/α-hetero) is 1. The minimum absolute atomic E-state index is 0.0417. The molecule has 0 spiro atoms. The molecule has 0 bridgehead atoms. The molecule has 0 amide bonds. The Morgan fingerprint density at radius 3 is 2.56 bits per heavy atom. The molecule has 2 nitrogen and oxygen atoms in total. The van der Waals surface area contributed by atoms with Crippen LogP contribution in [-0.4, -0.2) is 18.0 Å². The predicted molar refractivity (Wildman–Crippen MR) is 34.2 cm³/mol. The molecule has 9 heavy (non-hydrogen) atoms. The Bertz CT molecular complexity index is 120. The van der Waals surface area contributed by atoms with Crippen LogP contribution in [0, 0.1) is 0 Å². The second-order valence-electron chi connectivity index (χ2n) is 2.32. The van der Waals surface area contributed by atoms with Crippen LogP contribution in [0.15, 0.2) is 0 Å². The largest absolute Gasteiger partial charge is 0.361 e. The highest BCUT2D eigenvalue weighted by atomic mass is 16.6. The Balaban J connectivity index is 2.25. The summed E-state index contributed by atoms with van der Waals surface area (Å²) in [6.07, 6.45) is 1.79. The van der Waals surface area contributed by atoms with Gasteiger partial charge in [-0.2, -0.15) is 0 Å². The van der Waals surface area contributed by atoms with E-state index < -0.39 is 0 Å². The van der Waals surface area contributed by atoms with Crippen molar-refractivity contribution in [2.75, 3.05) is 0 Å². The number of ketones is 1. The summed E-state index contributed by atoms with van der Waals surface area (Å²) in [6, 6.07) is 0. The fraction of sp³-hybridized carbons (Fsp3) is 0.857. The van der Waals surface area contributed by atoms with Crippen LogP contribution in [0.4, 0.5) is 0 Å². The SMILES string of the molecule is CCC(=O)[C@@H]1O[C@H]1CC. The minimum Gasteiger partial charge on any atom is -0.361 e. The Morgan fingerprint density at radius 1 is 1.56 bits per heavy atom. The molecule has 0 radical (unpaired) electrons. The summed E-state index contributed by atoms with van der Waals surface area (Å²) in [5.41, 5.74) is 0. The van der Waals surface area contributed by atoms with Crippen LogP contribution in [-0.2, 0) is 9.53 Å². The minimum atomic E-state index is -0.0417. The highest BCUT2D eigenvalue weighted by Crippen LogP contribution is 2.26. The van der Waals surface area contributed by atoms with E-state index in [1.807, 2.05) is 13.8 Å². The molecule has 1 fully saturated rings. The van der Waals surface area contributed by atoms with Crippen molar-refractivity contribution in [1.29, 1.82) is 0 Å². The number of carbonyl (C=O) groups is 1. The summed E-state index contributed by atoms with van der Waals surface area (Å²) in [5, 5.41) is 0. The zero-order valence-electron chi connectivity index (χ0n) is 5.89. The van der Waals surface area contributed by atoms with Gasteiger partial charge in [0.1, 0.15) is 6.10 Å². The monoisotopic (exact) mass is 128 g/mol. The van der Waals surface area contributed by atoms with Gasteiger partial charge in [-0.15, -0.1) is 0 Å². The number of ether oxygens (including phenoxy) is 1. The van der Waals surface area contributed by atoms with Crippen molar-refractivity contribution in [3.63, 3.8) is 0 Å². The van der Waals surface area contributed by atoms with E-state index in [4.69, 9.17) is 4.74 Å². The topological polar surface area (TPSA) is 29.6 Å². The Hall–Kier alpha value is -0.370. The fourth-order valence-corrected chi connectivity index (χ4v) is 0.938. The van der Waals surface area contributed by atoms with Gasteiger partial charge in [0.2, 0.25) is 0 Å². The zero-order chi connectivity index (χ0) is 6.85. The number of carbonyl (C=O) groups excluding carboxylic acids is 1. The molecule has 1 aliphatic rings. The van der Waals surface area contributed by atoms with Crippen molar-refractivity contribution in [1.82, 2.24) is 0 Å². The number of rotatable bonds is 3. The quantitative estimate of drug-likeness (QED) is 0.533. The third kappa shape index (κ3) is 1.30. The zero-order valence-corrected chi connectivity index (χ0v) is 5.89. The van der Waals surface area contributed by atoms with Crippen LogP contribution in [0.3, 0.4) is 0 Å². The number of epoxide rings is 1. The van der Waals surface area contributed by atoms with E-state index in [1.54, 1.807) is 0 Å². The highest BCUT2D eigenvalue weighted by molar-refractivity contribution is 5.85. The number of hydrogen-bond acceptors (Lipinski definition) is 2. The molecule has 52 valence electrons. The van der Waals surface area contributed by atoms with Gasteiger partial charge >= 0.3 is 0 Å². The molecular formula is C7H12O2. The summed E-state index contributed by atoms with van der Waals surface area (Å²) < 4.78 is 5.07. The van der Waals surface area contributed by atoms with Crippen LogP contribution < -0.4 is 0 Å². The molecule has 0 aliphatic carbocycles. The Morgan fingerprint density at radius 2 is 2.22 bits per heavy atom. The van der Waals surface area contributed by atoms with Gasteiger partial charge in [0.05, 0.1) is 6.10 Å². The molecule has 0 aromatic carbocycles. The third-order valence-electron chi connectivity index (χ3n) is 1.65. The van der Waals surface area contributed by atoms with Gasteiger partial charge in [-0.05, 0) is 6.42 Å². The van der Waals surface area contributed by atoms with E-state index in [1.165, 1.54) is 0 Å². The van der Waals surface area contributed by atoms with Gasteiger partial charge in [0, 0.05) is 6.42 Å². The molecule has 1 heterocycles. The maximum absolute atomic E-state index is 10.8. The van der Waals surface area contributed by atoms with Gasteiger partial charge in [-0.1, -0.05) is 13.8 Å². The van der Waals surface area contributed by atoms with Gasteiger partial charge in [-0.3, -0.25) is 4.79 Å². The lowest BCUT2D eigenvalue weighted by Crippen LogP contribution is -2.06. The van der Waals surface area contributed by atoms with Crippen molar-refractivity contribution in [2.45, 2.75) is 38.9 Å². The Labute approximate surface area is 55.2 Å². The van der Waals surface area contributed by atoms with Gasteiger partial charge in [-0.25, -0.2) is 0 Å². The average Bonchev–Trinajstić information content (AvgIpc) is 2.64. The third-order valence-corrected chi connectivity index (χ3v) is 1.65. The molecule has 1 aliphatic heterocycles. The lowest BCUT2D eigenvalue weighted by molar-refractivity contribution is -0.119. The second-order valence-corrected chi connectivity index (χ2v) is 2.32. The molecule has 2 atom stereocenters. The first-order chi connectivity index (χ1) is 4.29. The lowest BCUT2D eigenvalue weighted by Gasteiger charge is -1.85. The lowest BCUT2D eigenvalue weighted by atomic mass is 10.1. The molecular weight excluding hydrogens is 116 g/mol. The van der Waals surface area contributed by atoms with Crippen molar-refractivity contribution in [3.05, 3.63) is 0 Å². The van der Waals surface area contributed by atoms with Crippen LogP contribution >= 0.6 is 0 Å². The first-order valence-corrected chi connectivity index (χ1v) is 3.47. The highest BCUT2D eigenvalue weighted by Gasteiger charge is 2.41. The Kier molecular flexibility index (Phi) is 1.86. The number of hydrogen-bond donors (Lipinski definition) is 0. The van der Waals surface area contributed by atoms with Crippen molar-refractivity contribution < 1.29 is 9.53 Å². The summed E-state index contributed by atoms with van der Waals surface area (Å²) in [6.45, 7) is 3.91. The smallest absolute Gasteiger partial charge is 0.163 e. The average molecular weight is 128 g/mol. The van der Waals surface area contributed by atoms with Crippen LogP contribution in [0.25, 0.3) is 0 Å². The van der Waals surface area contributed by atoms with E-state index in [2.05, 4.69) is 0 Å². The molecule has 0 aromatic heterocycles. The van der Waals surface area contributed by atoms with Gasteiger partial charge in [0.25, 0.3) is 0 Å². The summed E-state index contributed by atoms with van der Waals surface area (Å²) in [4.78, 5) is 10.8. The molecule has 0 unspecified atom stereocenters. The van der Waals surface area contributed by atoms with Crippen molar-refractivity contribution >= 4 is 5.78 Å².